The Morgan fingerprint density at radius 2 is 1.22 bits per heavy atom. The number of aryl methyl sites for hydroxylation is 2. The molecule has 0 saturated heterocycles. The summed E-state index contributed by atoms with van der Waals surface area (Å²) in [5, 5.41) is 0. The highest BCUT2D eigenvalue weighted by Crippen LogP contribution is 2.56. The van der Waals surface area contributed by atoms with Crippen LogP contribution in [-0.2, 0) is 16.2 Å². The van der Waals surface area contributed by atoms with E-state index in [1.54, 1.807) is 10.4 Å². The van der Waals surface area contributed by atoms with Gasteiger partial charge in [-0.05, 0) is 129 Å². The Kier molecular flexibility index (Phi) is 8.35. The molecule has 4 heteroatoms. The van der Waals surface area contributed by atoms with Crippen molar-refractivity contribution in [1.29, 1.82) is 0 Å². The van der Waals surface area contributed by atoms with Crippen LogP contribution in [0.15, 0.2) is 133 Å². The van der Waals surface area contributed by atoms with E-state index in [1.807, 2.05) is 0 Å². The van der Waals surface area contributed by atoms with Crippen molar-refractivity contribution in [1.82, 2.24) is 0 Å². The first-order valence-corrected chi connectivity index (χ1v) is 21.9. The number of para-hydroxylation sites is 1. The van der Waals surface area contributed by atoms with Gasteiger partial charge in [0.05, 0.1) is 11.4 Å². The average molecular weight is 773 g/mol. The number of rotatable bonds is 4. The Bertz CT molecular complexity index is 2750. The molecule has 7 aromatic rings. The third kappa shape index (κ3) is 5.66. The van der Waals surface area contributed by atoms with Crippen LogP contribution in [0, 0.1) is 13.8 Å². The van der Waals surface area contributed by atoms with Crippen LogP contribution in [0.25, 0.3) is 22.3 Å². The summed E-state index contributed by atoms with van der Waals surface area (Å²) in [6.07, 6.45) is 2.36. The predicted octanol–water partition coefficient (Wildman–Crippen LogP) is 13.4. The molecule has 0 atom stereocenters. The minimum Gasteiger partial charge on any atom is -0.311 e. The van der Waals surface area contributed by atoms with Gasteiger partial charge in [-0.25, -0.2) is 0 Å². The van der Waals surface area contributed by atoms with Crippen LogP contribution in [0.4, 0.5) is 34.1 Å². The Balaban J connectivity index is 1.32. The van der Waals surface area contributed by atoms with Crippen molar-refractivity contribution >= 4 is 67.9 Å². The molecule has 3 heterocycles. The maximum Gasteiger partial charge on any atom is 0.264 e. The number of hydrogen-bond acceptors (Lipinski definition) is 3. The molecule has 0 spiro atoms. The van der Waals surface area contributed by atoms with Crippen molar-refractivity contribution in [2.45, 2.75) is 91.4 Å². The molecule has 58 heavy (non-hydrogen) atoms. The Morgan fingerprint density at radius 3 is 1.93 bits per heavy atom. The topological polar surface area (TPSA) is 6.48 Å². The maximum atomic E-state index is 2.68. The fraction of sp³-hybridized carbons (Fsp3) is 0.259. The van der Waals surface area contributed by atoms with Gasteiger partial charge in [0.2, 0.25) is 0 Å². The summed E-state index contributed by atoms with van der Waals surface area (Å²) in [5.74, 6) is 0. The molecule has 0 bridgehead atoms. The summed E-state index contributed by atoms with van der Waals surface area (Å²) in [7, 11) is 0. The maximum absolute atomic E-state index is 2.68. The molecule has 10 rings (SSSR count). The summed E-state index contributed by atoms with van der Waals surface area (Å²) < 4.78 is 1.48. The second-order valence-electron chi connectivity index (χ2n) is 19.4. The van der Waals surface area contributed by atoms with E-state index in [0.717, 1.165) is 0 Å². The van der Waals surface area contributed by atoms with Gasteiger partial charge in [0, 0.05) is 38.0 Å². The summed E-state index contributed by atoms with van der Waals surface area (Å²) in [6, 6.07) is 50.5. The van der Waals surface area contributed by atoms with E-state index in [-0.39, 0.29) is 23.0 Å². The van der Waals surface area contributed by atoms with Gasteiger partial charge >= 0.3 is 0 Å². The van der Waals surface area contributed by atoms with Crippen LogP contribution < -0.4 is 25.5 Å². The SMILES string of the molecule is Cc1cc2c3c(c1)N(c1ccc(C(C)(C)C)cc1)c1c(sc4c1C(C)(C)CCC4(C)C)B3c1ccc(-c3ccccc3C)cc1N2c1ccccc1-c1ccccc1. The van der Waals surface area contributed by atoms with E-state index in [2.05, 4.69) is 217 Å². The number of thiophene rings is 1. The summed E-state index contributed by atoms with van der Waals surface area (Å²) in [6.45, 7) is 21.5. The molecule has 288 valence electrons. The molecule has 0 fully saturated rings. The van der Waals surface area contributed by atoms with Gasteiger partial charge in [0.1, 0.15) is 0 Å². The molecule has 0 amide bonds. The molecule has 3 aliphatic rings. The number of benzene rings is 6. The lowest BCUT2D eigenvalue weighted by atomic mass is 9.36. The lowest BCUT2D eigenvalue weighted by Crippen LogP contribution is -2.60. The van der Waals surface area contributed by atoms with Gasteiger partial charge in [-0.3, -0.25) is 0 Å². The van der Waals surface area contributed by atoms with Crippen molar-refractivity contribution in [3.8, 4) is 22.3 Å². The molecule has 2 aliphatic heterocycles. The van der Waals surface area contributed by atoms with Gasteiger partial charge in [-0.1, -0.05) is 146 Å². The molecule has 6 aromatic carbocycles. The molecule has 0 unspecified atom stereocenters. The summed E-state index contributed by atoms with van der Waals surface area (Å²) >= 11 is 2.10. The van der Waals surface area contributed by atoms with Crippen molar-refractivity contribution in [2.24, 2.45) is 0 Å². The van der Waals surface area contributed by atoms with E-state index in [0.29, 0.717) is 0 Å². The summed E-state index contributed by atoms with van der Waals surface area (Å²) in [4.78, 5) is 6.84. The second kappa shape index (κ2) is 13.1. The third-order valence-electron chi connectivity index (χ3n) is 13.4. The molecule has 1 aliphatic carbocycles. The standard InChI is InChI=1S/C54H53BN2S/c1-34-31-45-48-46(32-34)57(43-22-16-15-21-41(43)36-18-11-10-12-19-36)44-33-37(40-20-14-13-17-35(40)2)23-28-42(44)55(48)51-49(47-50(58-51)54(8,9)30-29-53(47,6)7)56(45)39-26-24-38(25-27-39)52(3,4)5/h10-28,31-33H,29-30H2,1-9H3. The van der Waals surface area contributed by atoms with Crippen LogP contribution in [0.5, 0.6) is 0 Å². The molecule has 0 saturated carbocycles. The first kappa shape index (κ1) is 37.0. The highest BCUT2D eigenvalue weighted by molar-refractivity contribution is 7.29. The number of nitrogens with zero attached hydrogens (tertiary/aromatic N) is 2. The Morgan fingerprint density at radius 1 is 0.586 bits per heavy atom. The lowest BCUT2D eigenvalue weighted by Gasteiger charge is -2.45. The zero-order valence-corrected chi connectivity index (χ0v) is 36.3. The minimum absolute atomic E-state index is 0.0372. The van der Waals surface area contributed by atoms with Crippen molar-refractivity contribution in [3.63, 3.8) is 0 Å². The van der Waals surface area contributed by atoms with E-state index in [9.17, 15) is 0 Å². The summed E-state index contributed by atoms with van der Waals surface area (Å²) in [5.41, 5.74) is 21.1. The average Bonchev–Trinajstić information content (AvgIpc) is 3.63. The fourth-order valence-electron chi connectivity index (χ4n) is 10.1. The van der Waals surface area contributed by atoms with Crippen LogP contribution in [0.2, 0.25) is 0 Å². The van der Waals surface area contributed by atoms with E-state index >= 15 is 0 Å². The quantitative estimate of drug-likeness (QED) is 0.164. The van der Waals surface area contributed by atoms with Crippen LogP contribution in [0.3, 0.4) is 0 Å². The minimum atomic E-state index is 0.0372. The molecule has 0 radical (unpaired) electrons. The molecule has 0 N–H and O–H groups in total. The zero-order chi connectivity index (χ0) is 40.3. The van der Waals surface area contributed by atoms with E-state index in [4.69, 9.17) is 0 Å². The van der Waals surface area contributed by atoms with Crippen molar-refractivity contribution in [2.75, 3.05) is 9.80 Å². The van der Waals surface area contributed by atoms with Gasteiger partial charge in [0.25, 0.3) is 6.71 Å². The van der Waals surface area contributed by atoms with Gasteiger partial charge in [-0.2, -0.15) is 11.3 Å². The molecule has 2 nitrogen and oxygen atoms in total. The van der Waals surface area contributed by atoms with E-state index in [1.165, 1.54) is 102 Å². The first-order valence-electron chi connectivity index (χ1n) is 21.1. The highest BCUT2D eigenvalue weighted by atomic mass is 32.1. The number of anilines is 6. The van der Waals surface area contributed by atoms with Crippen molar-refractivity contribution < 1.29 is 0 Å². The fourth-order valence-corrected chi connectivity index (χ4v) is 11.9. The first-order chi connectivity index (χ1) is 27.7. The Hall–Kier alpha value is -5.32. The van der Waals surface area contributed by atoms with Gasteiger partial charge < -0.3 is 9.80 Å². The van der Waals surface area contributed by atoms with Gasteiger partial charge in [0.15, 0.2) is 0 Å². The largest absolute Gasteiger partial charge is 0.311 e. The zero-order valence-electron chi connectivity index (χ0n) is 35.5. The third-order valence-corrected chi connectivity index (χ3v) is 15.0. The predicted molar refractivity (Wildman–Crippen MR) is 253 cm³/mol. The molecule has 1 aromatic heterocycles. The molecular formula is C54H53BN2S. The lowest BCUT2D eigenvalue weighted by molar-refractivity contribution is 0.339. The van der Waals surface area contributed by atoms with Crippen LogP contribution in [0.1, 0.15) is 88.4 Å². The number of hydrogen-bond donors (Lipinski definition) is 0. The van der Waals surface area contributed by atoms with Crippen LogP contribution in [-0.4, -0.2) is 6.71 Å². The Labute approximate surface area is 350 Å². The highest BCUT2D eigenvalue weighted by Gasteiger charge is 2.50. The van der Waals surface area contributed by atoms with E-state index < -0.39 is 0 Å². The second-order valence-corrected chi connectivity index (χ2v) is 20.4. The van der Waals surface area contributed by atoms with Crippen molar-refractivity contribution in [3.05, 3.63) is 161 Å². The van der Waals surface area contributed by atoms with Crippen LogP contribution >= 0.6 is 11.3 Å². The van der Waals surface area contributed by atoms with Gasteiger partial charge in [-0.15, -0.1) is 0 Å². The smallest absolute Gasteiger partial charge is 0.264 e. The normalized spacial score (nSPS) is 16.1. The monoisotopic (exact) mass is 772 g/mol. The number of fused-ring (bicyclic) bond motifs is 6. The molecular weight excluding hydrogens is 719 g/mol.